The smallest absolute Gasteiger partial charge is 0.248 e. The fraction of sp³-hybridized carbons (Fsp3) is 0.0476. The summed E-state index contributed by atoms with van der Waals surface area (Å²) in [6, 6.07) is 15.5. The van der Waals surface area contributed by atoms with Crippen molar-refractivity contribution in [2.24, 2.45) is 0 Å². The summed E-state index contributed by atoms with van der Waals surface area (Å²) in [7, 11) is 1.48. The van der Waals surface area contributed by atoms with E-state index in [4.69, 9.17) is 9.47 Å². The Morgan fingerprint density at radius 2 is 1.89 bits per heavy atom. The molecular weight excluding hydrogens is 344 g/mol. The molecule has 0 saturated heterocycles. The van der Waals surface area contributed by atoms with Gasteiger partial charge < -0.3 is 19.9 Å². The van der Waals surface area contributed by atoms with E-state index in [9.17, 15) is 9.90 Å². The minimum Gasteiger partial charge on any atom is -0.504 e. The van der Waals surface area contributed by atoms with Crippen LogP contribution in [0.15, 0.2) is 73.1 Å². The average Bonchev–Trinajstić information content (AvgIpc) is 2.67. The SMILES string of the molecule is COc1ccc(/C=C/C(=O)Nc2cccc(Oc3ccncc3)c2)cc1O. The normalized spacial score (nSPS) is 10.6. The summed E-state index contributed by atoms with van der Waals surface area (Å²) in [5, 5.41) is 12.5. The fourth-order valence-electron chi connectivity index (χ4n) is 2.35. The zero-order chi connectivity index (χ0) is 19.1. The van der Waals surface area contributed by atoms with Crippen molar-refractivity contribution >= 4 is 17.7 Å². The Hall–Kier alpha value is -3.80. The summed E-state index contributed by atoms with van der Waals surface area (Å²) in [5.41, 5.74) is 1.28. The van der Waals surface area contributed by atoms with Crippen LogP contribution in [0.25, 0.3) is 6.08 Å². The maximum atomic E-state index is 12.1. The van der Waals surface area contributed by atoms with E-state index in [1.54, 1.807) is 67.0 Å². The molecule has 1 heterocycles. The Kier molecular flexibility index (Phi) is 5.69. The summed E-state index contributed by atoms with van der Waals surface area (Å²) in [6.07, 6.45) is 6.27. The van der Waals surface area contributed by atoms with Crippen LogP contribution in [0.3, 0.4) is 0 Å². The van der Waals surface area contributed by atoms with Gasteiger partial charge in [-0.1, -0.05) is 12.1 Å². The molecule has 0 aliphatic heterocycles. The predicted octanol–water partition coefficient (Wildman–Crippen LogP) is 4.24. The summed E-state index contributed by atoms with van der Waals surface area (Å²) in [6.45, 7) is 0. The Balaban J connectivity index is 1.64. The zero-order valence-corrected chi connectivity index (χ0v) is 14.6. The van der Waals surface area contributed by atoms with Crippen LogP contribution in [-0.4, -0.2) is 23.1 Å². The van der Waals surface area contributed by atoms with Gasteiger partial charge in [0.2, 0.25) is 5.91 Å². The van der Waals surface area contributed by atoms with E-state index in [0.29, 0.717) is 28.5 Å². The number of carbonyl (C=O) groups excluding carboxylic acids is 1. The molecule has 0 bridgehead atoms. The average molecular weight is 362 g/mol. The standard InChI is InChI=1S/C21H18N2O4/c1-26-20-7-5-15(13-19(20)24)6-8-21(25)23-16-3-2-4-18(14-16)27-17-9-11-22-12-10-17/h2-14,24H,1H3,(H,23,25)/b8-6+. The molecule has 0 atom stereocenters. The lowest BCUT2D eigenvalue weighted by molar-refractivity contribution is -0.111. The van der Waals surface area contributed by atoms with E-state index in [1.807, 2.05) is 0 Å². The highest BCUT2D eigenvalue weighted by atomic mass is 16.5. The maximum Gasteiger partial charge on any atom is 0.248 e. The first-order valence-electron chi connectivity index (χ1n) is 8.18. The zero-order valence-electron chi connectivity index (χ0n) is 14.6. The number of phenolic OH excluding ortho intramolecular Hbond substituents is 1. The van der Waals surface area contributed by atoms with Gasteiger partial charge >= 0.3 is 0 Å². The predicted molar refractivity (Wildman–Crippen MR) is 103 cm³/mol. The van der Waals surface area contributed by atoms with Crippen LogP contribution in [-0.2, 0) is 4.79 Å². The molecule has 0 aliphatic rings. The number of carbonyl (C=O) groups is 1. The number of hydrogen-bond acceptors (Lipinski definition) is 5. The van der Waals surface area contributed by atoms with Gasteiger partial charge in [-0.05, 0) is 48.0 Å². The number of amides is 1. The molecule has 27 heavy (non-hydrogen) atoms. The first-order valence-corrected chi connectivity index (χ1v) is 8.18. The van der Waals surface area contributed by atoms with Crippen LogP contribution in [0.2, 0.25) is 0 Å². The number of nitrogens with zero attached hydrogens (tertiary/aromatic N) is 1. The van der Waals surface area contributed by atoms with Crippen molar-refractivity contribution in [1.29, 1.82) is 0 Å². The summed E-state index contributed by atoms with van der Waals surface area (Å²) in [5.74, 6) is 1.35. The second kappa shape index (κ2) is 8.53. The van der Waals surface area contributed by atoms with Gasteiger partial charge in [-0.15, -0.1) is 0 Å². The Labute approximate surface area is 156 Å². The number of aromatic nitrogens is 1. The minimum absolute atomic E-state index is 0.0148. The number of hydrogen-bond donors (Lipinski definition) is 2. The topological polar surface area (TPSA) is 80.7 Å². The van der Waals surface area contributed by atoms with E-state index >= 15 is 0 Å². The Morgan fingerprint density at radius 1 is 1.07 bits per heavy atom. The van der Waals surface area contributed by atoms with Crippen LogP contribution in [0.1, 0.15) is 5.56 Å². The molecule has 0 fully saturated rings. The van der Waals surface area contributed by atoms with Crippen LogP contribution in [0.4, 0.5) is 5.69 Å². The van der Waals surface area contributed by atoms with Crippen molar-refractivity contribution in [3.8, 4) is 23.0 Å². The number of pyridine rings is 1. The largest absolute Gasteiger partial charge is 0.504 e. The summed E-state index contributed by atoms with van der Waals surface area (Å²) < 4.78 is 10.7. The van der Waals surface area contributed by atoms with Crippen molar-refractivity contribution in [2.75, 3.05) is 12.4 Å². The summed E-state index contributed by atoms with van der Waals surface area (Å²) in [4.78, 5) is 16.1. The number of nitrogens with one attached hydrogen (secondary N) is 1. The quantitative estimate of drug-likeness (QED) is 0.641. The molecule has 6 heteroatoms. The van der Waals surface area contributed by atoms with Gasteiger partial charge in [-0.25, -0.2) is 0 Å². The third-order valence-corrected chi connectivity index (χ3v) is 3.62. The van der Waals surface area contributed by atoms with Gasteiger partial charge in [0.05, 0.1) is 7.11 Å². The number of rotatable bonds is 6. The van der Waals surface area contributed by atoms with Crippen LogP contribution < -0.4 is 14.8 Å². The molecule has 0 aliphatic carbocycles. The van der Waals surface area contributed by atoms with Crippen LogP contribution in [0, 0.1) is 0 Å². The first-order chi connectivity index (χ1) is 13.1. The molecule has 1 amide bonds. The van der Waals surface area contributed by atoms with Crippen molar-refractivity contribution in [3.05, 3.63) is 78.6 Å². The molecule has 1 aromatic heterocycles. The van der Waals surface area contributed by atoms with Crippen molar-refractivity contribution in [1.82, 2.24) is 4.98 Å². The molecule has 0 radical (unpaired) electrons. The van der Waals surface area contributed by atoms with Gasteiger partial charge in [-0.2, -0.15) is 0 Å². The number of methoxy groups -OCH3 is 1. The molecule has 2 aromatic carbocycles. The third kappa shape index (κ3) is 5.09. The lowest BCUT2D eigenvalue weighted by Gasteiger charge is -2.08. The van der Waals surface area contributed by atoms with E-state index < -0.39 is 0 Å². The van der Waals surface area contributed by atoms with E-state index in [2.05, 4.69) is 10.3 Å². The lowest BCUT2D eigenvalue weighted by Crippen LogP contribution is -2.07. The molecule has 3 aromatic rings. The van der Waals surface area contributed by atoms with Gasteiger partial charge in [0, 0.05) is 30.2 Å². The van der Waals surface area contributed by atoms with Crippen molar-refractivity contribution in [3.63, 3.8) is 0 Å². The van der Waals surface area contributed by atoms with Crippen LogP contribution in [0.5, 0.6) is 23.0 Å². The lowest BCUT2D eigenvalue weighted by atomic mass is 10.2. The van der Waals surface area contributed by atoms with Gasteiger partial charge in [0.1, 0.15) is 11.5 Å². The minimum atomic E-state index is -0.300. The number of ether oxygens (including phenoxy) is 2. The second-order valence-corrected chi connectivity index (χ2v) is 5.57. The van der Waals surface area contributed by atoms with Crippen LogP contribution >= 0.6 is 0 Å². The van der Waals surface area contributed by atoms with E-state index in [0.717, 1.165) is 0 Å². The van der Waals surface area contributed by atoms with Crippen molar-refractivity contribution < 1.29 is 19.4 Å². The van der Waals surface area contributed by atoms with Crippen molar-refractivity contribution in [2.45, 2.75) is 0 Å². The van der Waals surface area contributed by atoms with Gasteiger partial charge in [0.25, 0.3) is 0 Å². The molecule has 136 valence electrons. The molecule has 0 unspecified atom stereocenters. The molecular formula is C21H18N2O4. The Morgan fingerprint density at radius 3 is 2.63 bits per heavy atom. The molecule has 0 saturated carbocycles. The van der Waals surface area contributed by atoms with E-state index in [-0.39, 0.29) is 11.7 Å². The number of phenols is 1. The monoisotopic (exact) mass is 362 g/mol. The highest BCUT2D eigenvalue weighted by Crippen LogP contribution is 2.27. The van der Waals surface area contributed by atoms with E-state index in [1.165, 1.54) is 19.3 Å². The molecule has 3 rings (SSSR count). The van der Waals surface area contributed by atoms with Gasteiger partial charge in [-0.3, -0.25) is 9.78 Å². The Bertz CT molecular complexity index is 955. The first kappa shape index (κ1) is 18.0. The number of anilines is 1. The summed E-state index contributed by atoms with van der Waals surface area (Å²) >= 11 is 0. The highest BCUT2D eigenvalue weighted by molar-refractivity contribution is 6.02. The molecule has 2 N–H and O–H groups in total. The molecule has 0 spiro atoms. The number of benzene rings is 2. The van der Waals surface area contributed by atoms with Gasteiger partial charge in [0.15, 0.2) is 11.5 Å². The second-order valence-electron chi connectivity index (χ2n) is 5.57. The molecule has 6 nitrogen and oxygen atoms in total. The highest BCUT2D eigenvalue weighted by Gasteiger charge is 2.03. The number of aromatic hydroxyl groups is 1. The third-order valence-electron chi connectivity index (χ3n) is 3.62. The maximum absolute atomic E-state index is 12.1. The fourth-order valence-corrected chi connectivity index (χ4v) is 2.35.